The molecule has 0 spiro atoms. The van der Waals surface area contributed by atoms with Crippen molar-refractivity contribution in [3.63, 3.8) is 0 Å². The number of hydrogen-bond donors (Lipinski definition) is 3. The number of hydrogen-bond acceptors (Lipinski definition) is 4. The zero-order valence-electron chi connectivity index (χ0n) is 12.8. The van der Waals surface area contributed by atoms with Gasteiger partial charge in [0.1, 0.15) is 17.5 Å². The number of rotatable bonds is 5. The van der Waals surface area contributed by atoms with Crippen LogP contribution in [-0.4, -0.2) is 34.6 Å². The molecule has 0 heterocycles. The van der Waals surface area contributed by atoms with Crippen LogP contribution in [0.4, 0.5) is 9.18 Å². The molecule has 0 saturated heterocycles. The normalized spacial score (nSPS) is 14.3. The van der Waals surface area contributed by atoms with Gasteiger partial charge in [0.2, 0.25) is 0 Å². The molecule has 124 valence electrons. The van der Waals surface area contributed by atoms with E-state index in [9.17, 15) is 19.4 Å². The van der Waals surface area contributed by atoms with E-state index < -0.39 is 29.7 Å². The van der Waals surface area contributed by atoms with Crippen LogP contribution in [0.1, 0.15) is 38.9 Å². The van der Waals surface area contributed by atoms with Crippen molar-refractivity contribution in [3.05, 3.63) is 34.1 Å². The maximum Gasteiger partial charge on any atom is 0.407 e. The summed E-state index contributed by atoms with van der Waals surface area (Å²) in [5.41, 5.74) is -0.340. The fourth-order valence-corrected chi connectivity index (χ4v) is 2.25. The molecular weight excluding hydrogens is 357 g/mol. The van der Waals surface area contributed by atoms with Crippen LogP contribution in [0.2, 0.25) is 0 Å². The second-order valence-electron chi connectivity index (χ2n) is 5.93. The van der Waals surface area contributed by atoms with E-state index in [1.807, 2.05) is 0 Å². The molecule has 22 heavy (non-hydrogen) atoms. The van der Waals surface area contributed by atoms with Crippen LogP contribution in [0.5, 0.6) is 0 Å². The lowest BCUT2D eigenvalue weighted by atomic mass is 10.0. The fourth-order valence-electron chi connectivity index (χ4n) is 1.76. The van der Waals surface area contributed by atoms with Crippen molar-refractivity contribution in [2.45, 2.75) is 45.0 Å². The summed E-state index contributed by atoms with van der Waals surface area (Å²) >= 11 is 3.12. The average Bonchev–Trinajstić information content (AvgIpc) is 2.34. The van der Waals surface area contributed by atoms with E-state index in [1.165, 1.54) is 12.1 Å². The molecule has 0 fully saturated rings. The molecule has 1 amide bonds. The SMILES string of the molecule is CC(C)(C)OC(=O)NCCC(O)C(O)c1cc(F)cc(Br)c1. The highest BCUT2D eigenvalue weighted by atomic mass is 79.9. The first-order chi connectivity index (χ1) is 10.1. The monoisotopic (exact) mass is 377 g/mol. The number of aliphatic hydroxyl groups excluding tert-OH is 2. The molecule has 1 aromatic carbocycles. The second-order valence-corrected chi connectivity index (χ2v) is 6.85. The maximum absolute atomic E-state index is 13.3. The van der Waals surface area contributed by atoms with Crippen molar-refractivity contribution in [1.29, 1.82) is 0 Å². The van der Waals surface area contributed by atoms with Gasteiger partial charge in [-0.2, -0.15) is 0 Å². The van der Waals surface area contributed by atoms with Crippen molar-refractivity contribution >= 4 is 22.0 Å². The Labute approximate surface area is 137 Å². The smallest absolute Gasteiger partial charge is 0.407 e. The third kappa shape index (κ3) is 6.72. The Hall–Kier alpha value is -1.18. The molecule has 0 aliphatic heterocycles. The van der Waals surface area contributed by atoms with Gasteiger partial charge in [-0.05, 0) is 51.0 Å². The highest BCUT2D eigenvalue weighted by Crippen LogP contribution is 2.23. The van der Waals surface area contributed by atoms with Crippen molar-refractivity contribution in [2.24, 2.45) is 0 Å². The van der Waals surface area contributed by atoms with E-state index >= 15 is 0 Å². The highest BCUT2D eigenvalue weighted by Gasteiger charge is 2.20. The summed E-state index contributed by atoms with van der Waals surface area (Å²) in [5, 5.41) is 22.4. The Morgan fingerprint density at radius 3 is 2.55 bits per heavy atom. The molecule has 0 aliphatic rings. The molecule has 2 unspecified atom stereocenters. The van der Waals surface area contributed by atoms with Gasteiger partial charge in [0.25, 0.3) is 0 Å². The van der Waals surface area contributed by atoms with Gasteiger partial charge >= 0.3 is 6.09 Å². The first-order valence-corrected chi connectivity index (χ1v) is 7.67. The number of benzene rings is 1. The zero-order valence-corrected chi connectivity index (χ0v) is 14.4. The molecule has 3 N–H and O–H groups in total. The van der Waals surface area contributed by atoms with Crippen LogP contribution < -0.4 is 5.32 Å². The summed E-state index contributed by atoms with van der Waals surface area (Å²) in [7, 11) is 0. The Bertz CT molecular complexity index is 499. The molecular formula is C15H21BrFNO4. The van der Waals surface area contributed by atoms with Gasteiger partial charge in [-0.25, -0.2) is 9.18 Å². The average molecular weight is 378 g/mol. The molecule has 1 rings (SSSR count). The van der Waals surface area contributed by atoms with Crippen molar-refractivity contribution < 1.29 is 24.1 Å². The minimum Gasteiger partial charge on any atom is -0.444 e. The lowest BCUT2D eigenvalue weighted by Crippen LogP contribution is -2.34. The summed E-state index contributed by atoms with van der Waals surface area (Å²) in [5.74, 6) is -0.512. The minimum atomic E-state index is -1.24. The Morgan fingerprint density at radius 1 is 1.36 bits per heavy atom. The number of ether oxygens (including phenoxy) is 1. The van der Waals surface area contributed by atoms with Crippen molar-refractivity contribution in [1.82, 2.24) is 5.32 Å². The fraction of sp³-hybridized carbons (Fsp3) is 0.533. The van der Waals surface area contributed by atoms with E-state index in [2.05, 4.69) is 21.2 Å². The van der Waals surface area contributed by atoms with Gasteiger partial charge in [-0.1, -0.05) is 15.9 Å². The van der Waals surface area contributed by atoms with Gasteiger partial charge in [0, 0.05) is 11.0 Å². The predicted octanol–water partition coefficient (Wildman–Crippen LogP) is 2.90. The van der Waals surface area contributed by atoms with Crippen LogP contribution in [0.15, 0.2) is 22.7 Å². The Balaban J connectivity index is 2.48. The molecule has 0 bridgehead atoms. The van der Waals surface area contributed by atoms with E-state index in [1.54, 1.807) is 20.8 Å². The maximum atomic E-state index is 13.3. The molecule has 2 atom stereocenters. The molecule has 7 heteroatoms. The van der Waals surface area contributed by atoms with E-state index in [0.29, 0.717) is 4.47 Å². The summed E-state index contributed by atoms with van der Waals surface area (Å²) in [6.45, 7) is 5.36. The second kappa shape index (κ2) is 7.89. The van der Waals surface area contributed by atoms with Crippen LogP contribution >= 0.6 is 15.9 Å². The van der Waals surface area contributed by atoms with Gasteiger partial charge in [0.05, 0.1) is 6.10 Å². The van der Waals surface area contributed by atoms with Crippen molar-refractivity contribution in [3.8, 4) is 0 Å². The van der Waals surface area contributed by atoms with Crippen LogP contribution in [-0.2, 0) is 4.74 Å². The standard InChI is InChI=1S/C15H21BrFNO4/c1-15(2,3)22-14(21)18-5-4-12(19)13(20)9-6-10(16)8-11(17)7-9/h6-8,12-13,19-20H,4-5H2,1-3H3,(H,18,21). The molecule has 0 aromatic heterocycles. The number of alkyl carbamates (subject to hydrolysis) is 1. The minimum absolute atomic E-state index is 0.106. The quantitative estimate of drug-likeness (QED) is 0.736. The van der Waals surface area contributed by atoms with Gasteiger partial charge in [0.15, 0.2) is 0 Å². The number of carbonyl (C=O) groups is 1. The third-order valence-corrected chi connectivity index (χ3v) is 3.16. The summed E-state index contributed by atoms with van der Waals surface area (Å²) < 4.78 is 18.8. The lowest BCUT2D eigenvalue weighted by molar-refractivity contribution is 0.0121. The number of nitrogens with one attached hydrogen (secondary N) is 1. The number of aliphatic hydroxyl groups is 2. The highest BCUT2D eigenvalue weighted by molar-refractivity contribution is 9.10. The molecule has 5 nitrogen and oxygen atoms in total. The number of carbonyl (C=O) groups excluding carboxylic acids is 1. The summed E-state index contributed by atoms with van der Waals surface area (Å²) in [4.78, 5) is 11.4. The van der Waals surface area contributed by atoms with Gasteiger partial charge < -0.3 is 20.3 Å². The number of amides is 1. The van der Waals surface area contributed by atoms with Crippen LogP contribution in [0, 0.1) is 5.82 Å². The topological polar surface area (TPSA) is 78.8 Å². The molecule has 0 aliphatic carbocycles. The molecule has 1 aromatic rings. The largest absolute Gasteiger partial charge is 0.444 e. The van der Waals surface area contributed by atoms with E-state index in [-0.39, 0.29) is 18.5 Å². The van der Waals surface area contributed by atoms with E-state index in [4.69, 9.17) is 4.74 Å². The first kappa shape index (κ1) is 18.9. The summed E-state index contributed by atoms with van der Waals surface area (Å²) in [6.07, 6.45) is -2.87. The van der Waals surface area contributed by atoms with Gasteiger partial charge in [-0.15, -0.1) is 0 Å². The predicted molar refractivity (Wildman–Crippen MR) is 83.9 cm³/mol. The molecule has 0 radical (unpaired) electrons. The van der Waals surface area contributed by atoms with Crippen LogP contribution in [0.3, 0.4) is 0 Å². The third-order valence-electron chi connectivity index (χ3n) is 2.70. The number of halogens is 2. The first-order valence-electron chi connectivity index (χ1n) is 6.87. The lowest BCUT2D eigenvalue weighted by Gasteiger charge is -2.21. The summed E-state index contributed by atoms with van der Waals surface area (Å²) in [6, 6.07) is 3.94. The Kier molecular flexibility index (Phi) is 6.77. The van der Waals surface area contributed by atoms with Crippen LogP contribution in [0.25, 0.3) is 0 Å². The van der Waals surface area contributed by atoms with E-state index in [0.717, 1.165) is 6.07 Å². The molecule has 0 saturated carbocycles. The van der Waals surface area contributed by atoms with Crippen molar-refractivity contribution in [2.75, 3.05) is 6.54 Å². The zero-order chi connectivity index (χ0) is 16.9. The van der Waals surface area contributed by atoms with Gasteiger partial charge in [-0.3, -0.25) is 0 Å². The Morgan fingerprint density at radius 2 is 2.00 bits per heavy atom.